The van der Waals surface area contributed by atoms with Gasteiger partial charge in [0.05, 0.1) is 11.3 Å². The zero-order chi connectivity index (χ0) is 14.0. The summed E-state index contributed by atoms with van der Waals surface area (Å²) in [6.45, 7) is 3.88. The Morgan fingerprint density at radius 2 is 2.00 bits per heavy atom. The van der Waals surface area contributed by atoms with Gasteiger partial charge in [-0.1, -0.05) is 6.07 Å². The summed E-state index contributed by atoms with van der Waals surface area (Å²) in [7, 11) is 3.61. The van der Waals surface area contributed by atoms with Gasteiger partial charge in [-0.05, 0) is 31.5 Å². The van der Waals surface area contributed by atoms with Crippen molar-refractivity contribution in [3.63, 3.8) is 0 Å². The lowest BCUT2D eigenvalue weighted by atomic mass is 10.1. The van der Waals surface area contributed by atoms with Crippen molar-refractivity contribution in [3.05, 3.63) is 41.1 Å². The number of carbonyl (C=O) groups is 1. The minimum Gasteiger partial charge on any atom is -0.387 e. The fraction of sp³-hybridized carbons (Fsp3) is 0.286. The Hall–Kier alpha value is -2.30. The van der Waals surface area contributed by atoms with Gasteiger partial charge < -0.3 is 10.6 Å². The Labute approximate surface area is 112 Å². The van der Waals surface area contributed by atoms with Gasteiger partial charge in [-0.3, -0.25) is 9.48 Å². The van der Waals surface area contributed by atoms with Gasteiger partial charge in [0.25, 0.3) is 5.91 Å². The van der Waals surface area contributed by atoms with Crippen molar-refractivity contribution in [3.8, 4) is 0 Å². The van der Waals surface area contributed by atoms with Gasteiger partial charge in [0, 0.05) is 25.8 Å². The third-order valence-electron chi connectivity index (χ3n) is 2.93. The molecule has 5 nitrogen and oxygen atoms in total. The van der Waals surface area contributed by atoms with E-state index in [1.807, 2.05) is 38.1 Å². The average Bonchev–Trinajstić information content (AvgIpc) is 2.67. The second kappa shape index (κ2) is 5.14. The van der Waals surface area contributed by atoms with E-state index >= 15 is 0 Å². The highest BCUT2D eigenvalue weighted by Crippen LogP contribution is 2.19. The number of hydrogen-bond donors (Lipinski definition) is 2. The van der Waals surface area contributed by atoms with E-state index in [9.17, 15) is 4.79 Å². The summed E-state index contributed by atoms with van der Waals surface area (Å²) in [5.41, 5.74) is 3.41. The van der Waals surface area contributed by atoms with Gasteiger partial charge in [0.15, 0.2) is 0 Å². The first-order chi connectivity index (χ1) is 9.01. The van der Waals surface area contributed by atoms with E-state index in [-0.39, 0.29) is 5.91 Å². The van der Waals surface area contributed by atoms with Crippen LogP contribution in [0.3, 0.4) is 0 Å². The Balaban J connectivity index is 2.27. The zero-order valence-electron chi connectivity index (χ0n) is 11.6. The van der Waals surface area contributed by atoms with E-state index in [2.05, 4.69) is 15.7 Å². The highest BCUT2D eigenvalue weighted by Gasteiger charge is 2.13. The molecule has 2 aromatic rings. The van der Waals surface area contributed by atoms with Crippen LogP contribution in [-0.4, -0.2) is 22.7 Å². The second-order valence-electron chi connectivity index (χ2n) is 4.55. The van der Waals surface area contributed by atoms with Crippen LogP contribution < -0.4 is 10.6 Å². The zero-order valence-corrected chi connectivity index (χ0v) is 11.6. The number of nitrogens with zero attached hydrogens (tertiary/aromatic N) is 2. The summed E-state index contributed by atoms with van der Waals surface area (Å²) in [5, 5.41) is 10.1. The molecular formula is C14H18N4O. The number of rotatable bonds is 3. The molecular weight excluding hydrogens is 240 g/mol. The maximum absolute atomic E-state index is 12.3. The summed E-state index contributed by atoms with van der Waals surface area (Å²) in [4.78, 5) is 12.3. The topological polar surface area (TPSA) is 59.0 Å². The third kappa shape index (κ3) is 2.76. The normalized spacial score (nSPS) is 10.3. The summed E-state index contributed by atoms with van der Waals surface area (Å²) in [6.07, 6.45) is 0. The molecule has 1 aromatic heterocycles. The van der Waals surface area contributed by atoms with E-state index in [4.69, 9.17) is 0 Å². The predicted octanol–water partition coefficient (Wildman–Crippen LogP) is 2.33. The van der Waals surface area contributed by atoms with E-state index in [1.54, 1.807) is 18.8 Å². The van der Waals surface area contributed by atoms with Crippen molar-refractivity contribution in [2.24, 2.45) is 7.05 Å². The molecule has 2 N–H and O–H groups in total. The first-order valence-corrected chi connectivity index (χ1v) is 6.11. The minimum atomic E-state index is -0.146. The minimum absolute atomic E-state index is 0.146. The van der Waals surface area contributed by atoms with Crippen molar-refractivity contribution in [1.29, 1.82) is 0 Å². The average molecular weight is 258 g/mol. The summed E-state index contributed by atoms with van der Waals surface area (Å²) >= 11 is 0. The lowest BCUT2D eigenvalue weighted by Gasteiger charge is -2.10. The largest absolute Gasteiger partial charge is 0.387 e. The molecule has 1 aromatic carbocycles. The van der Waals surface area contributed by atoms with Crippen molar-refractivity contribution in [1.82, 2.24) is 9.78 Å². The molecule has 0 saturated heterocycles. The standard InChI is InChI=1S/C14H18N4O/c1-9-5-6-11(12(7-9)15-3)14(19)16-13-8-10(2)17-18(13)4/h5-8,15H,1-4H3,(H,16,19). The van der Waals surface area contributed by atoms with Gasteiger partial charge in [0.2, 0.25) is 0 Å². The first-order valence-electron chi connectivity index (χ1n) is 6.11. The Morgan fingerprint density at radius 3 is 2.58 bits per heavy atom. The molecule has 1 heterocycles. The van der Waals surface area contributed by atoms with Crippen LogP contribution in [0.2, 0.25) is 0 Å². The van der Waals surface area contributed by atoms with E-state index < -0.39 is 0 Å². The molecule has 100 valence electrons. The molecule has 0 aliphatic heterocycles. The van der Waals surface area contributed by atoms with Crippen molar-refractivity contribution in [2.75, 3.05) is 17.7 Å². The molecule has 5 heteroatoms. The molecule has 0 unspecified atom stereocenters. The van der Waals surface area contributed by atoms with Gasteiger partial charge in [-0.2, -0.15) is 5.10 Å². The van der Waals surface area contributed by atoms with Crippen LogP contribution in [0.5, 0.6) is 0 Å². The third-order valence-corrected chi connectivity index (χ3v) is 2.93. The second-order valence-corrected chi connectivity index (χ2v) is 4.55. The lowest BCUT2D eigenvalue weighted by Crippen LogP contribution is -2.16. The number of carbonyl (C=O) groups excluding carboxylic acids is 1. The van der Waals surface area contributed by atoms with Gasteiger partial charge in [0.1, 0.15) is 5.82 Å². The van der Waals surface area contributed by atoms with Crippen molar-refractivity contribution < 1.29 is 4.79 Å². The summed E-state index contributed by atoms with van der Waals surface area (Å²) in [5.74, 6) is 0.539. The van der Waals surface area contributed by atoms with Crippen LogP contribution in [0.25, 0.3) is 0 Å². The van der Waals surface area contributed by atoms with Crippen LogP contribution in [0.4, 0.5) is 11.5 Å². The summed E-state index contributed by atoms with van der Waals surface area (Å²) < 4.78 is 1.65. The van der Waals surface area contributed by atoms with E-state index in [1.165, 1.54) is 0 Å². The Kier molecular flexibility index (Phi) is 3.55. The number of nitrogens with one attached hydrogen (secondary N) is 2. The fourth-order valence-corrected chi connectivity index (χ4v) is 1.97. The quantitative estimate of drug-likeness (QED) is 0.888. The van der Waals surface area contributed by atoms with Crippen LogP contribution in [0.15, 0.2) is 24.3 Å². The number of benzene rings is 1. The van der Waals surface area contributed by atoms with E-state index in [0.717, 1.165) is 16.9 Å². The highest BCUT2D eigenvalue weighted by atomic mass is 16.1. The van der Waals surface area contributed by atoms with Crippen molar-refractivity contribution in [2.45, 2.75) is 13.8 Å². The van der Waals surface area contributed by atoms with Crippen LogP contribution in [0, 0.1) is 13.8 Å². The number of anilines is 2. The number of aryl methyl sites for hydroxylation is 3. The molecule has 0 fully saturated rings. The van der Waals surface area contributed by atoms with Crippen LogP contribution in [-0.2, 0) is 7.05 Å². The number of aromatic nitrogens is 2. The maximum Gasteiger partial charge on any atom is 0.258 e. The van der Waals surface area contributed by atoms with Gasteiger partial charge >= 0.3 is 0 Å². The Morgan fingerprint density at radius 1 is 1.26 bits per heavy atom. The SMILES string of the molecule is CNc1cc(C)ccc1C(=O)Nc1cc(C)nn1C. The van der Waals surface area contributed by atoms with E-state index in [0.29, 0.717) is 11.4 Å². The lowest BCUT2D eigenvalue weighted by molar-refractivity contribution is 0.102. The molecule has 1 amide bonds. The first kappa shape index (κ1) is 13.1. The fourth-order valence-electron chi connectivity index (χ4n) is 1.97. The highest BCUT2D eigenvalue weighted by molar-refractivity contribution is 6.07. The Bertz CT molecular complexity index is 616. The molecule has 0 saturated carbocycles. The molecule has 2 rings (SSSR count). The number of hydrogen-bond acceptors (Lipinski definition) is 3. The van der Waals surface area contributed by atoms with Gasteiger partial charge in [-0.25, -0.2) is 0 Å². The molecule has 0 aliphatic carbocycles. The van der Waals surface area contributed by atoms with Crippen LogP contribution >= 0.6 is 0 Å². The molecule has 0 spiro atoms. The monoisotopic (exact) mass is 258 g/mol. The number of amides is 1. The maximum atomic E-state index is 12.3. The molecule has 0 aliphatic rings. The molecule has 0 atom stereocenters. The smallest absolute Gasteiger partial charge is 0.258 e. The van der Waals surface area contributed by atoms with Crippen LogP contribution in [0.1, 0.15) is 21.6 Å². The van der Waals surface area contributed by atoms with Gasteiger partial charge in [-0.15, -0.1) is 0 Å². The summed E-state index contributed by atoms with van der Waals surface area (Å²) in [6, 6.07) is 7.53. The van der Waals surface area contributed by atoms with Crippen molar-refractivity contribution >= 4 is 17.4 Å². The molecule has 0 radical (unpaired) electrons. The molecule has 19 heavy (non-hydrogen) atoms. The predicted molar refractivity (Wildman–Crippen MR) is 76.6 cm³/mol. The molecule has 0 bridgehead atoms.